The summed E-state index contributed by atoms with van der Waals surface area (Å²) < 4.78 is 5.84. The maximum atomic E-state index is 9.65. The van der Waals surface area contributed by atoms with Crippen molar-refractivity contribution in [2.75, 3.05) is 7.11 Å². The van der Waals surface area contributed by atoms with Crippen LogP contribution in [0.25, 0.3) is 11.4 Å². The normalized spacial score (nSPS) is 11.0. The Morgan fingerprint density at radius 1 is 1.33 bits per heavy atom. The monoisotopic (exact) mass is 370 g/mol. The highest BCUT2D eigenvalue weighted by Gasteiger charge is 2.14. The van der Waals surface area contributed by atoms with Gasteiger partial charge >= 0.3 is 0 Å². The maximum absolute atomic E-state index is 9.65. The summed E-state index contributed by atoms with van der Waals surface area (Å²) in [6, 6.07) is 4.97. The van der Waals surface area contributed by atoms with Crippen molar-refractivity contribution < 1.29 is 9.84 Å². The second kappa shape index (κ2) is 6.62. The number of benzene rings is 1. The van der Waals surface area contributed by atoms with Crippen molar-refractivity contribution in [3.63, 3.8) is 0 Å². The highest BCUT2D eigenvalue weighted by Crippen LogP contribution is 2.32. The van der Waals surface area contributed by atoms with E-state index in [2.05, 4.69) is 39.7 Å². The fourth-order valence-corrected chi connectivity index (χ4v) is 2.46. The van der Waals surface area contributed by atoms with Crippen LogP contribution >= 0.6 is 27.5 Å². The third-order valence-electron chi connectivity index (χ3n) is 2.92. The number of nitrogens with zero attached hydrogens (tertiary/aromatic N) is 2. The van der Waals surface area contributed by atoms with Crippen LogP contribution in [0.15, 0.2) is 22.7 Å². The van der Waals surface area contributed by atoms with Crippen molar-refractivity contribution in [1.29, 1.82) is 0 Å². The molecular weight excluding hydrogens is 356 g/mol. The third-order valence-corrected chi connectivity index (χ3v) is 4.25. The molecular formula is C15H16BrClN2O2. The molecule has 1 N–H and O–H groups in total. The molecule has 0 unspecified atom stereocenters. The summed E-state index contributed by atoms with van der Waals surface area (Å²) >= 11 is 9.61. The predicted octanol–water partition coefficient (Wildman–Crippen LogP) is 4.47. The van der Waals surface area contributed by atoms with E-state index in [1.165, 1.54) is 7.11 Å². The Labute approximate surface area is 137 Å². The molecule has 6 heteroatoms. The molecule has 0 spiro atoms. The number of phenolic OH excluding ortho intramolecular Hbond substituents is 1. The van der Waals surface area contributed by atoms with Crippen LogP contribution < -0.4 is 4.74 Å². The minimum absolute atomic E-state index is 0.0758. The first-order chi connectivity index (χ1) is 9.92. The largest absolute Gasteiger partial charge is 0.504 e. The summed E-state index contributed by atoms with van der Waals surface area (Å²) in [5.74, 6) is 1.42. The summed E-state index contributed by atoms with van der Waals surface area (Å²) in [6.45, 7) is 4.23. The number of aromatic hydroxyl groups is 1. The molecule has 0 aliphatic rings. The Kier molecular flexibility index (Phi) is 5.06. The standard InChI is InChI=1S/C15H16BrClN2O2/c1-8(2)6-10-13(16)14(17)19-15(18-10)9-4-5-11(20)12(7-9)21-3/h4-5,7-8,20H,6H2,1-3H3. The number of phenols is 1. The number of methoxy groups -OCH3 is 1. The minimum atomic E-state index is 0.0758. The first kappa shape index (κ1) is 16.0. The van der Waals surface area contributed by atoms with E-state index in [0.717, 1.165) is 22.2 Å². The van der Waals surface area contributed by atoms with E-state index >= 15 is 0 Å². The number of hydrogen-bond donors (Lipinski definition) is 1. The van der Waals surface area contributed by atoms with E-state index < -0.39 is 0 Å². The van der Waals surface area contributed by atoms with Gasteiger partial charge in [0.05, 0.1) is 17.3 Å². The number of ether oxygens (including phenoxy) is 1. The second-order valence-electron chi connectivity index (χ2n) is 5.08. The van der Waals surface area contributed by atoms with Gasteiger partial charge in [-0.15, -0.1) is 0 Å². The first-order valence-corrected chi connectivity index (χ1v) is 7.68. The number of halogens is 2. The Hall–Kier alpha value is -1.33. The molecule has 1 aromatic carbocycles. The van der Waals surface area contributed by atoms with Crippen molar-refractivity contribution in [2.24, 2.45) is 5.92 Å². The molecule has 1 aromatic heterocycles. The molecule has 0 saturated heterocycles. The van der Waals surface area contributed by atoms with Gasteiger partial charge < -0.3 is 9.84 Å². The van der Waals surface area contributed by atoms with E-state index in [-0.39, 0.29) is 5.75 Å². The first-order valence-electron chi connectivity index (χ1n) is 6.51. The fourth-order valence-electron chi connectivity index (χ4n) is 1.93. The van der Waals surface area contributed by atoms with Crippen LogP contribution in [-0.2, 0) is 6.42 Å². The summed E-state index contributed by atoms with van der Waals surface area (Å²) in [5, 5.41) is 10.0. The van der Waals surface area contributed by atoms with Crippen LogP contribution in [0.1, 0.15) is 19.5 Å². The Morgan fingerprint density at radius 3 is 2.67 bits per heavy atom. The van der Waals surface area contributed by atoms with Crippen LogP contribution in [0.2, 0.25) is 5.15 Å². The van der Waals surface area contributed by atoms with E-state index in [0.29, 0.717) is 22.6 Å². The van der Waals surface area contributed by atoms with Gasteiger partial charge in [-0.1, -0.05) is 25.4 Å². The third kappa shape index (κ3) is 3.66. The smallest absolute Gasteiger partial charge is 0.161 e. The average molecular weight is 372 g/mol. The van der Waals surface area contributed by atoms with Gasteiger partial charge in [-0.2, -0.15) is 0 Å². The van der Waals surface area contributed by atoms with E-state index in [9.17, 15) is 5.11 Å². The number of rotatable bonds is 4. The van der Waals surface area contributed by atoms with Crippen molar-refractivity contribution in [3.05, 3.63) is 33.5 Å². The molecule has 2 aromatic rings. The number of aromatic nitrogens is 2. The van der Waals surface area contributed by atoms with Crippen molar-refractivity contribution in [3.8, 4) is 22.9 Å². The molecule has 112 valence electrons. The Morgan fingerprint density at radius 2 is 2.05 bits per heavy atom. The summed E-state index contributed by atoms with van der Waals surface area (Å²) in [4.78, 5) is 8.86. The maximum Gasteiger partial charge on any atom is 0.161 e. The molecule has 1 heterocycles. The highest BCUT2D eigenvalue weighted by atomic mass is 79.9. The van der Waals surface area contributed by atoms with Gasteiger partial charge in [0.1, 0.15) is 5.15 Å². The topological polar surface area (TPSA) is 55.2 Å². The van der Waals surface area contributed by atoms with Crippen molar-refractivity contribution in [1.82, 2.24) is 9.97 Å². The lowest BCUT2D eigenvalue weighted by molar-refractivity contribution is 0.373. The molecule has 0 amide bonds. The lowest BCUT2D eigenvalue weighted by Crippen LogP contribution is -2.03. The van der Waals surface area contributed by atoms with Gasteiger partial charge in [0, 0.05) is 5.56 Å². The highest BCUT2D eigenvalue weighted by molar-refractivity contribution is 9.10. The molecule has 0 fully saturated rings. The zero-order valence-corrected chi connectivity index (χ0v) is 14.4. The molecule has 0 radical (unpaired) electrons. The van der Waals surface area contributed by atoms with Crippen LogP contribution in [0.5, 0.6) is 11.5 Å². The number of hydrogen-bond acceptors (Lipinski definition) is 4. The van der Waals surface area contributed by atoms with Crippen molar-refractivity contribution >= 4 is 27.5 Å². The van der Waals surface area contributed by atoms with E-state index in [1.54, 1.807) is 18.2 Å². The van der Waals surface area contributed by atoms with Gasteiger partial charge in [-0.3, -0.25) is 0 Å². The van der Waals surface area contributed by atoms with Gasteiger partial charge in [-0.05, 0) is 46.5 Å². The zero-order valence-electron chi connectivity index (χ0n) is 12.0. The SMILES string of the molecule is COc1cc(-c2nc(Cl)c(Br)c(CC(C)C)n2)ccc1O. The van der Waals surface area contributed by atoms with Crippen LogP contribution in [0.4, 0.5) is 0 Å². The molecule has 21 heavy (non-hydrogen) atoms. The Balaban J connectivity index is 2.51. The van der Waals surface area contributed by atoms with Crippen LogP contribution in [-0.4, -0.2) is 22.2 Å². The Bertz CT molecular complexity index is 662. The minimum Gasteiger partial charge on any atom is -0.504 e. The van der Waals surface area contributed by atoms with E-state index in [1.807, 2.05) is 0 Å². The summed E-state index contributed by atoms with van der Waals surface area (Å²) in [6.07, 6.45) is 0.797. The van der Waals surface area contributed by atoms with Crippen LogP contribution in [0, 0.1) is 5.92 Å². The molecule has 4 nitrogen and oxygen atoms in total. The quantitative estimate of drug-likeness (QED) is 0.806. The van der Waals surface area contributed by atoms with Gasteiger partial charge in [0.25, 0.3) is 0 Å². The predicted molar refractivity (Wildman–Crippen MR) is 86.9 cm³/mol. The summed E-state index contributed by atoms with van der Waals surface area (Å²) in [7, 11) is 1.50. The lowest BCUT2D eigenvalue weighted by atomic mass is 10.1. The van der Waals surface area contributed by atoms with Gasteiger partial charge in [0.15, 0.2) is 17.3 Å². The second-order valence-corrected chi connectivity index (χ2v) is 6.23. The summed E-state index contributed by atoms with van der Waals surface area (Å²) in [5.41, 5.74) is 1.61. The van der Waals surface area contributed by atoms with Gasteiger partial charge in [-0.25, -0.2) is 9.97 Å². The average Bonchev–Trinajstić information content (AvgIpc) is 2.43. The molecule has 0 saturated carbocycles. The molecule has 0 atom stereocenters. The zero-order chi connectivity index (χ0) is 15.6. The van der Waals surface area contributed by atoms with Crippen LogP contribution in [0.3, 0.4) is 0 Å². The molecule has 0 aliphatic heterocycles. The van der Waals surface area contributed by atoms with Gasteiger partial charge in [0.2, 0.25) is 0 Å². The fraction of sp³-hybridized carbons (Fsp3) is 0.333. The molecule has 2 rings (SSSR count). The molecule has 0 bridgehead atoms. The molecule has 0 aliphatic carbocycles. The van der Waals surface area contributed by atoms with E-state index in [4.69, 9.17) is 16.3 Å². The lowest BCUT2D eigenvalue weighted by Gasteiger charge is -2.11. The van der Waals surface area contributed by atoms with Crippen molar-refractivity contribution in [2.45, 2.75) is 20.3 Å².